The molecule has 0 radical (unpaired) electrons. The topological polar surface area (TPSA) is 80.0 Å². The van der Waals surface area contributed by atoms with E-state index in [-0.39, 0.29) is 10.9 Å². The lowest BCUT2D eigenvalue weighted by Gasteiger charge is -2.07. The maximum atomic E-state index is 12.1. The highest BCUT2D eigenvalue weighted by Crippen LogP contribution is 2.19. The van der Waals surface area contributed by atoms with Crippen molar-refractivity contribution in [3.05, 3.63) is 34.7 Å². The Labute approximate surface area is 115 Å². The first-order valence-electron chi connectivity index (χ1n) is 5.74. The van der Waals surface area contributed by atoms with Crippen LogP contribution in [-0.4, -0.2) is 22.6 Å². The van der Waals surface area contributed by atoms with Gasteiger partial charge in [-0.25, -0.2) is 4.98 Å². The smallest absolute Gasteiger partial charge is 0.258 e. The third-order valence-corrected chi connectivity index (χ3v) is 2.63. The van der Waals surface area contributed by atoms with E-state index in [0.717, 1.165) is 0 Å². The Morgan fingerprint density at radius 2 is 2.21 bits per heavy atom. The number of aromatic nitrogens is 2. The number of carbonyl (C=O) groups is 1. The van der Waals surface area contributed by atoms with Crippen molar-refractivity contribution in [1.82, 2.24) is 10.1 Å². The lowest BCUT2D eigenvalue weighted by atomic mass is 10.2. The van der Waals surface area contributed by atoms with Gasteiger partial charge in [0.1, 0.15) is 11.6 Å². The summed E-state index contributed by atoms with van der Waals surface area (Å²) in [6, 6.07) is 3.21. The highest BCUT2D eigenvalue weighted by molar-refractivity contribution is 6.34. The van der Waals surface area contributed by atoms with Crippen LogP contribution in [0.5, 0.6) is 0 Å². The number of hydrogen-bond donors (Lipinski definition) is 2. The van der Waals surface area contributed by atoms with Crippen LogP contribution in [0, 0.1) is 6.92 Å². The Balaban J connectivity index is 2.20. The number of nitrogens with one attached hydrogen (secondary N) is 2. The van der Waals surface area contributed by atoms with Gasteiger partial charge < -0.3 is 15.2 Å². The van der Waals surface area contributed by atoms with E-state index in [1.54, 1.807) is 19.1 Å². The number of aryl methyl sites for hydroxylation is 1. The average molecular weight is 281 g/mol. The molecular weight excluding hydrogens is 268 g/mol. The number of amides is 1. The average Bonchev–Trinajstić information content (AvgIpc) is 2.77. The van der Waals surface area contributed by atoms with Crippen LogP contribution in [0.15, 0.2) is 22.9 Å². The van der Waals surface area contributed by atoms with E-state index in [9.17, 15) is 4.79 Å². The normalized spacial score (nSPS) is 10.3. The van der Waals surface area contributed by atoms with E-state index >= 15 is 0 Å². The van der Waals surface area contributed by atoms with E-state index in [2.05, 4.69) is 20.8 Å². The van der Waals surface area contributed by atoms with Crippen molar-refractivity contribution in [2.45, 2.75) is 13.8 Å². The zero-order valence-electron chi connectivity index (χ0n) is 10.5. The molecule has 1 amide bonds. The number of rotatable bonds is 4. The van der Waals surface area contributed by atoms with E-state index in [1.807, 2.05) is 6.92 Å². The SMILES string of the molecule is CCNc1cc(C(=O)Nc2cc(C)on2)c(Cl)cn1. The van der Waals surface area contributed by atoms with Gasteiger partial charge in [-0.05, 0) is 19.9 Å². The number of pyridine rings is 1. The summed E-state index contributed by atoms with van der Waals surface area (Å²) in [5.74, 6) is 1.19. The van der Waals surface area contributed by atoms with Gasteiger partial charge in [0.2, 0.25) is 0 Å². The van der Waals surface area contributed by atoms with Crippen molar-refractivity contribution in [3.8, 4) is 0 Å². The molecule has 0 bridgehead atoms. The number of halogens is 1. The quantitative estimate of drug-likeness (QED) is 0.900. The lowest BCUT2D eigenvalue weighted by molar-refractivity contribution is 0.102. The predicted molar refractivity (Wildman–Crippen MR) is 72.6 cm³/mol. The van der Waals surface area contributed by atoms with Crippen LogP contribution in [0.4, 0.5) is 11.6 Å². The van der Waals surface area contributed by atoms with Crippen LogP contribution >= 0.6 is 11.6 Å². The fourth-order valence-electron chi connectivity index (χ4n) is 1.50. The Hall–Kier alpha value is -2.08. The van der Waals surface area contributed by atoms with Crippen LogP contribution in [0.1, 0.15) is 23.0 Å². The summed E-state index contributed by atoms with van der Waals surface area (Å²) >= 11 is 5.97. The second kappa shape index (κ2) is 5.71. The van der Waals surface area contributed by atoms with Gasteiger partial charge in [0.25, 0.3) is 5.91 Å². The number of hydrogen-bond acceptors (Lipinski definition) is 5. The molecule has 2 rings (SSSR count). The molecule has 0 aliphatic rings. The van der Waals surface area contributed by atoms with Crippen LogP contribution in [0.3, 0.4) is 0 Å². The molecule has 0 aliphatic carbocycles. The highest BCUT2D eigenvalue weighted by atomic mass is 35.5. The minimum Gasteiger partial charge on any atom is -0.370 e. The van der Waals surface area contributed by atoms with E-state index in [1.165, 1.54) is 6.20 Å². The van der Waals surface area contributed by atoms with Crippen molar-refractivity contribution in [2.24, 2.45) is 0 Å². The number of anilines is 2. The molecule has 0 aromatic carbocycles. The first-order valence-corrected chi connectivity index (χ1v) is 6.12. The summed E-state index contributed by atoms with van der Waals surface area (Å²) in [6.45, 7) is 4.39. The van der Waals surface area contributed by atoms with Gasteiger partial charge in [-0.15, -0.1) is 0 Å². The summed E-state index contributed by atoms with van der Waals surface area (Å²) in [5.41, 5.74) is 0.327. The van der Waals surface area contributed by atoms with Gasteiger partial charge in [0, 0.05) is 18.8 Å². The van der Waals surface area contributed by atoms with E-state index < -0.39 is 0 Å². The predicted octanol–water partition coefficient (Wildman–Crippen LogP) is 2.72. The Morgan fingerprint density at radius 1 is 1.42 bits per heavy atom. The van der Waals surface area contributed by atoms with Gasteiger partial charge >= 0.3 is 0 Å². The third kappa shape index (κ3) is 3.23. The van der Waals surface area contributed by atoms with Crippen molar-refractivity contribution < 1.29 is 9.32 Å². The van der Waals surface area contributed by atoms with Crippen LogP contribution in [0.2, 0.25) is 5.02 Å². The molecule has 100 valence electrons. The van der Waals surface area contributed by atoms with Crippen LogP contribution in [0.25, 0.3) is 0 Å². The molecule has 0 atom stereocenters. The molecule has 0 aliphatic heterocycles. The second-order valence-corrected chi connectivity index (χ2v) is 4.26. The van der Waals surface area contributed by atoms with E-state index in [0.29, 0.717) is 29.5 Å². The zero-order chi connectivity index (χ0) is 13.8. The summed E-state index contributed by atoms with van der Waals surface area (Å²) in [5, 5.41) is 9.59. The molecule has 0 unspecified atom stereocenters. The Morgan fingerprint density at radius 3 is 2.84 bits per heavy atom. The van der Waals surface area contributed by atoms with E-state index in [4.69, 9.17) is 16.1 Å². The van der Waals surface area contributed by atoms with Gasteiger partial charge in [-0.2, -0.15) is 0 Å². The molecule has 7 heteroatoms. The molecule has 19 heavy (non-hydrogen) atoms. The first-order chi connectivity index (χ1) is 9.10. The van der Waals surface area contributed by atoms with Crippen molar-refractivity contribution >= 4 is 29.1 Å². The summed E-state index contributed by atoms with van der Waals surface area (Å²) < 4.78 is 4.87. The van der Waals surface area contributed by atoms with Gasteiger partial charge in [0.05, 0.1) is 10.6 Å². The maximum absolute atomic E-state index is 12.1. The summed E-state index contributed by atoms with van der Waals surface area (Å²) in [4.78, 5) is 16.1. The van der Waals surface area contributed by atoms with Gasteiger partial charge in [-0.3, -0.25) is 4.79 Å². The number of carbonyl (C=O) groups excluding carboxylic acids is 1. The summed E-state index contributed by atoms with van der Waals surface area (Å²) in [7, 11) is 0. The largest absolute Gasteiger partial charge is 0.370 e. The molecule has 0 saturated heterocycles. The minimum absolute atomic E-state index is 0.277. The van der Waals surface area contributed by atoms with Crippen LogP contribution < -0.4 is 10.6 Å². The number of nitrogens with zero attached hydrogens (tertiary/aromatic N) is 2. The molecule has 2 heterocycles. The highest BCUT2D eigenvalue weighted by Gasteiger charge is 2.14. The van der Waals surface area contributed by atoms with Gasteiger partial charge in [0.15, 0.2) is 5.82 Å². The fourth-order valence-corrected chi connectivity index (χ4v) is 1.69. The minimum atomic E-state index is -0.361. The zero-order valence-corrected chi connectivity index (χ0v) is 11.3. The second-order valence-electron chi connectivity index (χ2n) is 3.86. The first kappa shape index (κ1) is 13.4. The van der Waals surface area contributed by atoms with Crippen molar-refractivity contribution in [3.63, 3.8) is 0 Å². The molecule has 0 fully saturated rings. The van der Waals surface area contributed by atoms with Crippen molar-refractivity contribution in [1.29, 1.82) is 0 Å². The standard InChI is InChI=1S/C12H13ClN4O2/c1-3-14-10-5-8(9(13)6-15-10)12(18)16-11-4-7(2)19-17-11/h4-6H,3H2,1-2H3,(H,14,15)(H,16,17,18). The Bertz CT molecular complexity index is 597. The molecule has 0 saturated carbocycles. The molecule has 2 N–H and O–H groups in total. The fraction of sp³-hybridized carbons (Fsp3) is 0.250. The molecule has 6 nitrogen and oxygen atoms in total. The monoisotopic (exact) mass is 280 g/mol. The third-order valence-electron chi connectivity index (χ3n) is 2.33. The Kier molecular flexibility index (Phi) is 4.01. The maximum Gasteiger partial charge on any atom is 0.258 e. The van der Waals surface area contributed by atoms with Crippen LogP contribution in [-0.2, 0) is 0 Å². The molecular formula is C12H13ClN4O2. The van der Waals surface area contributed by atoms with Gasteiger partial charge in [-0.1, -0.05) is 16.8 Å². The summed E-state index contributed by atoms with van der Waals surface area (Å²) in [6.07, 6.45) is 1.43. The molecule has 2 aromatic heterocycles. The lowest BCUT2D eigenvalue weighted by Crippen LogP contribution is -2.13. The van der Waals surface area contributed by atoms with Crippen molar-refractivity contribution in [2.75, 3.05) is 17.2 Å². The molecule has 0 spiro atoms. The molecule has 2 aromatic rings.